The van der Waals surface area contributed by atoms with Crippen molar-refractivity contribution >= 4 is 27.0 Å². The zero-order valence-corrected chi connectivity index (χ0v) is 12.2. The highest BCUT2D eigenvalue weighted by atomic mass is 32.2. The zero-order chi connectivity index (χ0) is 14.8. The fraction of sp³-hybridized carbons (Fsp3) is 0.167. The maximum atomic E-state index is 12.2. The summed E-state index contributed by atoms with van der Waals surface area (Å²) < 4.78 is 25.9. The number of hydrogen-bond donors (Lipinski definition) is 0. The standard InChI is InChI=1S/C12H12N2O4S2/c1-13(20(17,18)12-3-2-8-19-12)9-10-4-6-11(7-5-10)14(15)16/h2-8H,9H2,1H3. The third kappa shape index (κ3) is 3.03. The molecule has 0 amide bonds. The average Bonchev–Trinajstić information content (AvgIpc) is 2.93. The summed E-state index contributed by atoms with van der Waals surface area (Å²) in [5.74, 6) is 0. The number of thiophene rings is 1. The van der Waals surface area contributed by atoms with Crippen LogP contribution in [0, 0.1) is 10.1 Å². The second-order valence-electron chi connectivity index (χ2n) is 4.12. The summed E-state index contributed by atoms with van der Waals surface area (Å²) in [7, 11) is -2.02. The van der Waals surface area contributed by atoms with Crippen molar-refractivity contribution in [2.75, 3.05) is 7.05 Å². The summed E-state index contributed by atoms with van der Waals surface area (Å²) in [6, 6.07) is 9.06. The average molecular weight is 312 g/mol. The van der Waals surface area contributed by atoms with E-state index in [9.17, 15) is 18.5 Å². The molecule has 0 fully saturated rings. The summed E-state index contributed by atoms with van der Waals surface area (Å²) in [6.07, 6.45) is 0. The van der Waals surface area contributed by atoms with Crippen LogP contribution in [0.4, 0.5) is 5.69 Å². The van der Waals surface area contributed by atoms with E-state index in [1.54, 1.807) is 29.6 Å². The molecular weight excluding hydrogens is 300 g/mol. The first-order valence-corrected chi connectivity index (χ1v) is 7.96. The molecule has 2 aromatic rings. The topological polar surface area (TPSA) is 80.5 Å². The minimum atomic E-state index is -3.50. The lowest BCUT2D eigenvalue weighted by Crippen LogP contribution is -2.25. The molecule has 1 heterocycles. The monoisotopic (exact) mass is 312 g/mol. The molecule has 0 aliphatic carbocycles. The van der Waals surface area contributed by atoms with Crippen LogP contribution in [0.2, 0.25) is 0 Å². The normalized spacial score (nSPS) is 11.7. The molecule has 0 bridgehead atoms. The molecule has 20 heavy (non-hydrogen) atoms. The minimum absolute atomic E-state index is 0.0162. The number of sulfonamides is 1. The van der Waals surface area contributed by atoms with Crippen LogP contribution in [0.15, 0.2) is 46.0 Å². The molecular formula is C12H12N2O4S2. The van der Waals surface area contributed by atoms with Crippen LogP contribution in [0.3, 0.4) is 0 Å². The van der Waals surface area contributed by atoms with Crippen molar-refractivity contribution in [1.82, 2.24) is 4.31 Å². The maximum Gasteiger partial charge on any atom is 0.269 e. The molecule has 0 N–H and O–H groups in total. The van der Waals surface area contributed by atoms with E-state index < -0.39 is 14.9 Å². The molecule has 0 spiro atoms. The Balaban J connectivity index is 2.16. The summed E-state index contributed by atoms with van der Waals surface area (Å²) in [4.78, 5) is 10.1. The Kier molecular flexibility index (Phi) is 4.17. The molecule has 0 aliphatic heterocycles. The molecule has 0 saturated carbocycles. The summed E-state index contributed by atoms with van der Waals surface area (Å²) in [6.45, 7) is 0.165. The highest BCUT2D eigenvalue weighted by molar-refractivity contribution is 7.91. The lowest BCUT2D eigenvalue weighted by molar-refractivity contribution is -0.384. The molecule has 0 aliphatic rings. The predicted molar refractivity (Wildman–Crippen MR) is 76.1 cm³/mol. The smallest absolute Gasteiger partial charge is 0.258 e. The maximum absolute atomic E-state index is 12.2. The van der Waals surface area contributed by atoms with Gasteiger partial charge in [-0.3, -0.25) is 10.1 Å². The van der Waals surface area contributed by atoms with Gasteiger partial charge in [-0.15, -0.1) is 11.3 Å². The van der Waals surface area contributed by atoms with Gasteiger partial charge in [-0.1, -0.05) is 18.2 Å². The second-order valence-corrected chi connectivity index (χ2v) is 7.34. The summed E-state index contributed by atoms with van der Waals surface area (Å²) >= 11 is 1.16. The van der Waals surface area contributed by atoms with E-state index in [2.05, 4.69) is 0 Å². The Labute approximate surface area is 120 Å². The second kappa shape index (κ2) is 5.70. The van der Waals surface area contributed by atoms with Crippen LogP contribution in [0.5, 0.6) is 0 Å². The number of hydrogen-bond acceptors (Lipinski definition) is 5. The van der Waals surface area contributed by atoms with Crippen LogP contribution in [-0.2, 0) is 16.6 Å². The van der Waals surface area contributed by atoms with Crippen LogP contribution in [0.25, 0.3) is 0 Å². The van der Waals surface area contributed by atoms with Crippen LogP contribution < -0.4 is 0 Å². The SMILES string of the molecule is CN(Cc1ccc([N+](=O)[O-])cc1)S(=O)(=O)c1cccs1. The number of nitro groups is 1. The van der Waals surface area contributed by atoms with Gasteiger partial charge >= 0.3 is 0 Å². The molecule has 6 nitrogen and oxygen atoms in total. The van der Waals surface area contributed by atoms with E-state index in [0.29, 0.717) is 5.56 Å². The molecule has 106 valence electrons. The van der Waals surface area contributed by atoms with Crippen LogP contribution in [0.1, 0.15) is 5.56 Å². The van der Waals surface area contributed by atoms with Crippen LogP contribution in [-0.4, -0.2) is 24.7 Å². The number of rotatable bonds is 5. The number of benzene rings is 1. The van der Waals surface area contributed by atoms with Gasteiger partial charge < -0.3 is 0 Å². The van der Waals surface area contributed by atoms with Crippen molar-refractivity contribution in [2.45, 2.75) is 10.8 Å². The quantitative estimate of drug-likeness (QED) is 0.627. The highest BCUT2D eigenvalue weighted by Gasteiger charge is 2.21. The fourth-order valence-corrected chi connectivity index (χ4v) is 3.99. The van der Waals surface area contributed by atoms with Gasteiger partial charge in [0.15, 0.2) is 0 Å². The molecule has 0 unspecified atom stereocenters. The van der Waals surface area contributed by atoms with Gasteiger partial charge in [-0.25, -0.2) is 8.42 Å². The fourth-order valence-electron chi connectivity index (χ4n) is 1.63. The molecule has 0 atom stereocenters. The van der Waals surface area contributed by atoms with Gasteiger partial charge in [0.05, 0.1) is 4.92 Å². The molecule has 1 aromatic heterocycles. The highest BCUT2D eigenvalue weighted by Crippen LogP contribution is 2.22. The molecule has 1 aromatic carbocycles. The first-order chi connectivity index (χ1) is 9.41. The van der Waals surface area contributed by atoms with E-state index in [1.807, 2.05) is 0 Å². The summed E-state index contributed by atoms with van der Waals surface area (Å²) in [5.41, 5.74) is 0.677. The van der Waals surface area contributed by atoms with Gasteiger partial charge in [-0.2, -0.15) is 4.31 Å². The Morgan fingerprint density at radius 3 is 2.40 bits per heavy atom. The van der Waals surface area contributed by atoms with E-state index in [0.717, 1.165) is 11.3 Å². The van der Waals surface area contributed by atoms with E-state index in [-0.39, 0.29) is 16.4 Å². The van der Waals surface area contributed by atoms with Gasteiger partial charge in [0.2, 0.25) is 0 Å². The lowest BCUT2D eigenvalue weighted by Gasteiger charge is -2.15. The number of non-ortho nitro benzene ring substituents is 1. The molecule has 8 heteroatoms. The zero-order valence-electron chi connectivity index (χ0n) is 10.6. The van der Waals surface area contributed by atoms with Crippen molar-refractivity contribution in [3.63, 3.8) is 0 Å². The van der Waals surface area contributed by atoms with Gasteiger partial charge in [-0.05, 0) is 17.0 Å². The van der Waals surface area contributed by atoms with E-state index in [1.165, 1.54) is 23.5 Å². The Bertz CT molecular complexity index is 694. The van der Waals surface area contributed by atoms with Crippen molar-refractivity contribution in [1.29, 1.82) is 0 Å². The van der Waals surface area contributed by atoms with Gasteiger partial charge in [0.25, 0.3) is 15.7 Å². The predicted octanol–water partition coefficient (Wildman–Crippen LogP) is 2.48. The Hall–Kier alpha value is -1.77. The largest absolute Gasteiger partial charge is 0.269 e. The van der Waals surface area contributed by atoms with Crippen molar-refractivity contribution in [2.24, 2.45) is 0 Å². The first-order valence-electron chi connectivity index (χ1n) is 5.64. The third-order valence-corrected chi connectivity index (χ3v) is 5.89. The third-order valence-electron chi connectivity index (χ3n) is 2.71. The molecule has 0 radical (unpaired) electrons. The van der Waals surface area contributed by atoms with E-state index >= 15 is 0 Å². The van der Waals surface area contributed by atoms with Crippen molar-refractivity contribution in [3.8, 4) is 0 Å². The van der Waals surface area contributed by atoms with Crippen molar-refractivity contribution < 1.29 is 13.3 Å². The lowest BCUT2D eigenvalue weighted by atomic mass is 10.2. The Morgan fingerprint density at radius 2 is 1.90 bits per heavy atom. The van der Waals surface area contributed by atoms with Gasteiger partial charge in [0.1, 0.15) is 4.21 Å². The van der Waals surface area contributed by atoms with Gasteiger partial charge in [0, 0.05) is 25.7 Å². The molecule has 2 rings (SSSR count). The number of nitro benzene ring substituents is 1. The van der Waals surface area contributed by atoms with Crippen LogP contribution >= 0.6 is 11.3 Å². The van der Waals surface area contributed by atoms with Crippen molar-refractivity contribution in [3.05, 3.63) is 57.5 Å². The van der Waals surface area contributed by atoms with E-state index in [4.69, 9.17) is 0 Å². The molecule has 0 saturated heterocycles. The minimum Gasteiger partial charge on any atom is -0.258 e. The number of nitrogens with zero attached hydrogens (tertiary/aromatic N) is 2. The first kappa shape index (κ1) is 14.6. The Morgan fingerprint density at radius 1 is 1.25 bits per heavy atom. The summed E-state index contributed by atoms with van der Waals surface area (Å²) in [5, 5.41) is 12.3.